The van der Waals surface area contributed by atoms with Gasteiger partial charge in [-0.05, 0) is 54.8 Å². The normalized spacial score (nSPS) is 24.2. The van der Waals surface area contributed by atoms with Gasteiger partial charge in [0, 0.05) is 24.8 Å². The fourth-order valence-corrected chi connectivity index (χ4v) is 4.33. The molecule has 3 rings (SSSR count). The largest absolute Gasteiger partial charge is 0.493 e. The number of hydrogen-bond acceptors (Lipinski definition) is 6. The number of nitrogens with one attached hydrogen (secondary N) is 1. The first kappa shape index (κ1) is 22.6. The minimum atomic E-state index is -3.30. The summed E-state index contributed by atoms with van der Waals surface area (Å²) in [5, 5.41) is 23.3. The molecule has 0 amide bonds. The van der Waals surface area contributed by atoms with Crippen LogP contribution in [0.15, 0.2) is 47.4 Å². The van der Waals surface area contributed by atoms with Gasteiger partial charge in [-0.25, -0.2) is 17.2 Å². The van der Waals surface area contributed by atoms with Gasteiger partial charge >= 0.3 is 0 Å². The first-order chi connectivity index (χ1) is 14.1. The second kappa shape index (κ2) is 8.97. The fourth-order valence-electron chi connectivity index (χ4n) is 3.70. The van der Waals surface area contributed by atoms with E-state index in [1.807, 2.05) is 0 Å². The van der Waals surface area contributed by atoms with E-state index in [1.165, 1.54) is 18.2 Å². The molecule has 1 fully saturated rings. The fraction of sp³-hybridized carbons (Fsp3) is 0.429. The van der Waals surface area contributed by atoms with E-state index in [0.717, 1.165) is 18.4 Å². The summed E-state index contributed by atoms with van der Waals surface area (Å²) in [7, 11) is -3.30. The molecular formula is C21H25F2NO5S. The molecular weight excluding hydrogens is 416 g/mol. The molecule has 0 radical (unpaired) electrons. The highest BCUT2D eigenvalue weighted by molar-refractivity contribution is 7.90. The Hall–Kier alpha value is -2.07. The molecule has 3 atom stereocenters. The highest BCUT2D eigenvalue weighted by atomic mass is 32.2. The highest BCUT2D eigenvalue weighted by Gasteiger charge is 2.44. The Labute approximate surface area is 174 Å². The predicted octanol–water partition coefficient (Wildman–Crippen LogP) is 2.04. The molecule has 0 saturated heterocycles. The van der Waals surface area contributed by atoms with Crippen LogP contribution in [0, 0.1) is 17.0 Å². The van der Waals surface area contributed by atoms with E-state index in [4.69, 9.17) is 4.74 Å². The minimum Gasteiger partial charge on any atom is -0.493 e. The summed E-state index contributed by atoms with van der Waals surface area (Å²) >= 11 is 0. The first-order valence-corrected chi connectivity index (χ1v) is 11.4. The van der Waals surface area contributed by atoms with Gasteiger partial charge < -0.3 is 20.3 Å². The molecule has 0 aliphatic heterocycles. The lowest BCUT2D eigenvalue weighted by Crippen LogP contribution is -2.38. The number of ether oxygens (including phenoxy) is 1. The number of rotatable bonds is 8. The topological polar surface area (TPSA) is 95.9 Å². The molecule has 2 aromatic carbocycles. The summed E-state index contributed by atoms with van der Waals surface area (Å²) < 4.78 is 55.4. The average molecular weight is 441 g/mol. The maximum Gasteiger partial charge on any atom is 0.175 e. The van der Waals surface area contributed by atoms with Crippen LogP contribution < -0.4 is 10.1 Å². The van der Waals surface area contributed by atoms with Crippen molar-refractivity contribution < 1.29 is 32.1 Å². The zero-order chi connectivity index (χ0) is 21.9. The Morgan fingerprint density at radius 1 is 1.07 bits per heavy atom. The summed E-state index contributed by atoms with van der Waals surface area (Å²) in [6.07, 6.45) is -0.0315. The molecule has 1 aliphatic rings. The van der Waals surface area contributed by atoms with E-state index >= 15 is 0 Å². The second-order valence-electron chi connectivity index (χ2n) is 7.93. The van der Waals surface area contributed by atoms with Crippen molar-refractivity contribution in [3.05, 3.63) is 59.7 Å². The number of sulfone groups is 1. The monoisotopic (exact) mass is 441 g/mol. The van der Waals surface area contributed by atoms with Crippen molar-refractivity contribution in [3.63, 3.8) is 0 Å². The summed E-state index contributed by atoms with van der Waals surface area (Å²) in [6, 6.07) is 9.69. The van der Waals surface area contributed by atoms with Crippen LogP contribution in [0.5, 0.6) is 5.75 Å². The van der Waals surface area contributed by atoms with Crippen molar-refractivity contribution in [2.45, 2.75) is 36.5 Å². The second-order valence-corrected chi connectivity index (χ2v) is 9.94. The number of halogens is 2. The van der Waals surface area contributed by atoms with Crippen LogP contribution in [0.2, 0.25) is 0 Å². The van der Waals surface area contributed by atoms with Crippen molar-refractivity contribution in [2.75, 3.05) is 19.4 Å². The quantitative estimate of drug-likeness (QED) is 0.580. The summed E-state index contributed by atoms with van der Waals surface area (Å²) in [5.41, 5.74) is -0.00664. The Bertz CT molecular complexity index is 971. The van der Waals surface area contributed by atoms with Gasteiger partial charge in [-0.15, -0.1) is 0 Å². The van der Waals surface area contributed by atoms with E-state index in [1.54, 1.807) is 12.1 Å². The van der Waals surface area contributed by atoms with E-state index in [0.29, 0.717) is 30.7 Å². The number of hydrogen-bond donors (Lipinski definition) is 3. The van der Waals surface area contributed by atoms with E-state index in [-0.39, 0.29) is 18.0 Å². The van der Waals surface area contributed by atoms with Gasteiger partial charge in [0.05, 0.1) is 23.7 Å². The van der Waals surface area contributed by atoms with Gasteiger partial charge in [0.1, 0.15) is 5.75 Å². The molecule has 1 aliphatic carbocycles. The molecule has 9 heteroatoms. The summed E-state index contributed by atoms with van der Waals surface area (Å²) in [6.45, 7) is 0.847. The van der Waals surface area contributed by atoms with Crippen LogP contribution >= 0.6 is 0 Å². The maximum absolute atomic E-state index is 13.4. The van der Waals surface area contributed by atoms with Gasteiger partial charge in [0.25, 0.3) is 0 Å². The average Bonchev–Trinajstić information content (AvgIpc) is 2.97. The molecule has 1 saturated carbocycles. The highest BCUT2D eigenvalue weighted by Crippen LogP contribution is 2.39. The van der Waals surface area contributed by atoms with Crippen molar-refractivity contribution >= 4 is 9.84 Å². The third-order valence-corrected chi connectivity index (χ3v) is 6.47. The third kappa shape index (κ3) is 5.54. The van der Waals surface area contributed by atoms with Crippen molar-refractivity contribution in [1.29, 1.82) is 0 Å². The maximum atomic E-state index is 13.4. The Morgan fingerprint density at radius 3 is 2.27 bits per heavy atom. The standard InChI is InChI=1S/C21H25F2NO5S/c1-30(27,28)16-5-3-15(4-6-16)29-13-21(9-19(25)20(26)10-21)12-24-11-14-2-7-17(22)18(23)8-14/h2-8,19-20,24-26H,9-13H2,1H3/t19-,20+,21?. The van der Waals surface area contributed by atoms with Crippen molar-refractivity contribution in [3.8, 4) is 5.75 Å². The van der Waals surface area contributed by atoms with Crippen LogP contribution in [-0.4, -0.2) is 50.2 Å². The number of aliphatic hydroxyl groups excluding tert-OH is 2. The van der Waals surface area contributed by atoms with Crippen LogP contribution in [0.4, 0.5) is 8.78 Å². The predicted molar refractivity (Wildman–Crippen MR) is 107 cm³/mol. The van der Waals surface area contributed by atoms with Gasteiger partial charge in [0.2, 0.25) is 0 Å². The molecule has 3 N–H and O–H groups in total. The lowest BCUT2D eigenvalue weighted by atomic mass is 9.86. The van der Waals surface area contributed by atoms with Crippen molar-refractivity contribution in [2.24, 2.45) is 5.41 Å². The van der Waals surface area contributed by atoms with E-state index in [2.05, 4.69) is 5.32 Å². The molecule has 30 heavy (non-hydrogen) atoms. The SMILES string of the molecule is CS(=O)(=O)c1ccc(OCC2(CNCc3ccc(F)c(F)c3)C[C@@H](O)[C@@H](O)C2)cc1. The Morgan fingerprint density at radius 2 is 1.70 bits per heavy atom. The van der Waals surface area contributed by atoms with E-state index in [9.17, 15) is 27.4 Å². The minimum absolute atomic E-state index is 0.185. The van der Waals surface area contributed by atoms with E-state index < -0.39 is 39.1 Å². The third-order valence-electron chi connectivity index (χ3n) is 5.34. The van der Waals surface area contributed by atoms with Gasteiger partial charge in [-0.3, -0.25) is 0 Å². The lowest BCUT2D eigenvalue weighted by molar-refractivity contribution is 0.0438. The van der Waals surface area contributed by atoms with Crippen LogP contribution in [0.25, 0.3) is 0 Å². The molecule has 164 valence electrons. The zero-order valence-electron chi connectivity index (χ0n) is 16.5. The molecule has 0 bridgehead atoms. The number of aliphatic hydroxyl groups is 2. The van der Waals surface area contributed by atoms with Gasteiger partial charge in [-0.1, -0.05) is 6.07 Å². The van der Waals surface area contributed by atoms with Gasteiger partial charge in [0.15, 0.2) is 21.5 Å². The summed E-state index contributed by atoms with van der Waals surface area (Å²) in [5.74, 6) is -1.36. The summed E-state index contributed by atoms with van der Waals surface area (Å²) in [4.78, 5) is 0.185. The molecule has 0 heterocycles. The van der Waals surface area contributed by atoms with Crippen molar-refractivity contribution in [1.82, 2.24) is 5.32 Å². The van der Waals surface area contributed by atoms with Crippen LogP contribution in [0.3, 0.4) is 0 Å². The molecule has 6 nitrogen and oxygen atoms in total. The number of benzene rings is 2. The van der Waals surface area contributed by atoms with Crippen LogP contribution in [0.1, 0.15) is 18.4 Å². The smallest absolute Gasteiger partial charge is 0.175 e. The zero-order valence-corrected chi connectivity index (χ0v) is 17.3. The molecule has 0 spiro atoms. The Balaban J connectivity index is 1.64. The first-order valence-electron chi connectivity index (χ1n) is 9.52. The molecule has 2 aromatic rings. The van der Waals surface area contributed by atoms with Gasteiger partial charge in [-0.2, -0.15) is 0 Å². The lowest BCUT2D eigenvalue weighted by Gasteiger charge is -2.29. The molecule has 1 unspecified atom stereocenters. The molecule has 0 aromatic heterocycles. The van der Waals surface area contributed by atoms with Crippen LogP contribution in [-0.2, 0) is 16.4 Å². The Kier molecular flexibility index (Phi) is 6.76.